The number of carbonyl (C=O) groups is 2. The lowest BCUT2D eigenvalue weighted by Gasteiger charge is -2.11. The van der Waals surface area contributed by atoms with E-state index in [4.69, 9.17) is 45.3 Å². The third kappa shape index (κ3) is 4.32. The minimum atomic E-state index is -0.796. The maximum Gasteiger partial charge on any atom is 0.340 e. The van der Waals surface area contributed by atoms with Crippen LogP contribution in [0.3, 0.4) is 0 Å². The molecular weight excluding hydrogens is 375 g/mol. The van der Waals surface area contributed by atoms with Gasteiger partial charge in [0.2, 0.25) is 0 Å². The van der Waals surface area contributed by atoms with Crippen LogP contribution in [-0.2, 0) is 9.53 Å². The number of carbonyl (C=O) groups excluding carboxylic acids is 2. The molecule has 0 aliphatic rings. The van der Waals surface area contributed by atoms with Crippen molar-refractivity contribution in [2.24, 2.45) is 0 Å². The van der Waals surface area contributed by atoms with Gasteiger partial charge in [0.1, 0.15) is 0 Å². The van der Waals surface area contributed by atoms with Crippen LogP contribution in [0.2, 0.25) is 15.1 Å². The zero-order chi connectivity index (χ0) is 17.9. The molecule has 0 saturated heterocycles. The Morgan fingerprint density at radius 1 is 1.17 bits per heavy atom. The number of anilines is 2. The third-order valence-corrected chi connectivity index (χ3v) is 4.13. The van der Waals surface area contributed by atoms with Gasteiger partial charge in [-0.15, -0.1) is 0 Å². The van der Waals surface area contributed by atoms with Crippen molar-refractivity contribution in [3.05, 3.63) is 56.5 Å². The Bertz CT molecular complexity index is 809. The topological polar surface area (TPSA) is 81.4 Å². The highest BCUT2D eigenvalue weighted by molar-refractivity contribution is 6.37. The Balaban J connectivity index is 2.02. The fraction of sp³-hybridized carbons (Fsp3) is 0.125. The molecule has 2 rings (SSSR count). The minimum absolute atomic E-state index is 0.000707. The zero-order valence-corrected chi connectivity index (χ0v) is 14.8. The molecule has 0 spiro atoms. The maximum absolute atomic E-state index is 12.0. The van der Waals surface area contributed by atoms with Gasteiger partial charge in [-0.25, -0.2) is 4.79 Å². The first-order valence-corrected chi connectivity index (χ1v) is 7.89. The molecule has 0 atom stereocenters. The van der Waals surface area contributed by atoms with Gasteiger partial charge in [0, 0.05) is 15.7 Å². The van der Waals surface area contributed by atoms with Crippen molar-refractivity contribution in [3.8, 4) is 0 Å². The average molecular weight is 388 g/mol. The summed E-state index contributed by atoms with van der Waals surface area (Å²) in [4.78, 5) is 23.9. The maximum atomic E-state index is 12.0. The largest absolute Gasteiger partial charge is 0.452 e. The lowest BCUT2D eigenvalue weighted by molar-refractivity contribution is -0.119. The summed E-state index contributed by atoms with van der Waals surface area (Å²) in [6.45, 7) is 1.27. The molecule has 2 aromatic carbocycles. The summed E-state index contributed by atoms with van der Waals surface area (Å²) in [6.07, 6.45) is 0. The molecule has 0 unspecified atom stereocenters. The number of rotatable bonds is 4. The van der Waals surface area contributed by atoms with Crippen LogP contribution in [0.4, 0.5) is 11.4 Å². The second-order valence-corrected chi connectivity index (χ2v) is 6.14. The van der Waals surface area contributed by atoms with Gasteiger partial charge >= 0.3 is 5.97 Å². The molecule has 3 N–H and O–H groups in total. The van der Waals surface area contributed by atoms with Crippen LogP contribution in [0.25, 0.3) is 0 Å². The van der Waals surface area contributed by atoms with E-state index < -0.39 is 18.5 Å². The molecule has 0 fully saturated rings. The summed E-state index contributed by atoms with van der Waals surface area (Å²) in [5.41, 5.74) is 7.00. The van der Waals surface area contributed by atoms with Crippen LogP contribution in [0.1, 0.15) is 15.9 Å². The molecule has 0 aliphatic heterocycles. The summed E-state index contributed by atoms with van der Waals surface area (Å²) >= 11 is 17.7. The van der Waals surface area contributed by atoms with E-state index in [1.807, 2.05) is 0 Å². The van der Waals surface area contributed by atoms with Crippen molar-refractivity contribution in [2.75, 3.05) is 17.7 Å². The van der Waals surface area contributed by atoms with Gasteiger partial charge in [0.15, 0.2) is 6.61 Å². The van der Waals surface area contributed by atoms with E-state index in [-0.39, 0.29) is 21.3 Å². The number of esters is 1. The van der Waals surface area contributed by atoms with Crippen molar-refractivity contribution in [1.29, 1.82) is 0 Å². The van der Waals surface area contributed by atoms with Crippen LogP contribution in [0, 0.1) is 6.92 Å². The molecule has 0 aromatic heterocycles. The van der Waals surface area contributed by atoms with Crippen molar-refractivity contribution < 1.29 is 14.3 Å². The molecule has 1 amide bonds. The summed E-state index contributed by atoms with van der Waals surface area (Å²) in [5.74, 6) is -1.31. The number of halogens is 3. The first kappa shape index (κ1) is 18.4. The Labute approximate surface area is 153 Å². The summed E-state index contributed by atoms with van der Waals surface area (Å²) < 4.78 is 4.94. The molecule has 0 aliphatic carbocycles. The van der Waals surface area contributed by atoms with E-state index in [2.05, 4.69) is 5.32 Å². The number of ether oxygens (including phenoxy) is 1. The van der Waals surface area contributed by atoms with Gasteiger partial charge in [-0.1, -0.05) is 40.9 Å². The normalized spacial score (nSPS) is 10.3. The molecule has 5 nitrogen and oxygen atoms in total. The highest BCUT2D eigenvalue weighted by Crippen LogP contribution is 2.28. The second kappa shape index (κ2) is 7.75. The highest BCUT2D eigenvalue weighted by atomic mass is 35.5. The first-order valence-electron chi connectivity index (χ1n) is 6.76. The van der Waals surface area contributed by atoms with E-state index >= 15 is 0 Å². The molecule has 0 bridgehead atoms. The predicted molar refractivity (Wildman–Crippen MR) is 96.0 cm³/mol. The van der Waals surface area contributed by atoms with Crippen molar-refractivity contribution >= 4 is 58.1 Å². The Morgan fingerprint density at radius 3 is 2.58 bits per heavy atom. The van der Waals surface area contributed by atoms with Crippen LogP contribution in [0.15, 0.2) is 30.3 Å². The summed E-state index contributed by atoms with van der Waals surface area (Å²) in [5, 5.41) is 3.50. The van der Waals surface area contributed by atoms with Crippen molar-refractivity contribution in [3.63, 3.8) is 0 Å². The van der Waals surface area contributed by atoms with Gasteiger partial charge < -0.3 is 15.8 Å². The fourth-order valence-electron chi connectivity index (χ4n) is 1.89. The van der Waals surface area contributed by atoms with Crippen LogP contribution < -0.4 is 11.1 Å². The lowest BCUT2D eigenvalue weighted by Crippen LogP contribution is -2.21. The summed E-state index contributed by atoms with van der Waals surface area (Å²) in [6, 6.07) is 7.83. The molecule has 126 valence electrons. The monoisotopic (exact) mass is 386 g/mol. The molecule has 0 saturated carbocycles. The standard InChI is InChI=1S/C16H13Cl3N2O3/c1-8-11(18)3-2-4-13(8)21-14(22)7-24-16(23)10-5-9(17)6-12(19)15(10)20/h2-6H,7,20H2,1H3,(H,21,22). The fourth-order valence-corrected chi connectivity index (χ4v) is 2.56. The van der Waals surface area contributed by atoms with Gasteiger partial charge in [-0.05, 0) is 36.8 Å². The smallest absolute Gasteiger partial charge is 0.340 e. The second-order valence-electron chi connectivity index (χ2n) is 4.89. The zero-order valence-electron chi connectivity index (χ0n) is 12.5. The lowest BCUT2D eigenvalue weighted by atomic mass is 10.2. The highest BCUT2D eigenvalue weighted by Gasteiger charge is 2.17. The Morgan fingerprint density at radius 2 is 1.88 bits per heavy atom. The number of hydrogen-bond donors (Lipinski definition) is 2. The Hall–Kier alpha value is -1.95. The van der Waals surface area contributed by atoms with Crippen LogP contribution >= 0.6 is 34.8 Å². The molecule has 8 heteroatoms. The predicted octanol–water partition coefficient (Wildman–Crippen LogP) is 4.33. The van der Waals surface area contributed by atoms with E-state index in [0.717, 1.165) is 0 Å². The first-order chi connectivity index (χ1) is 11.3. The van der Waals surface area contributed by atoms with E-state index in [1.54, 1.807) is 25.1 Å². The van der Waals surface area contributed by atoms with Crippen LogP contribution in [0.5, 0.6) is 0 Å². The molecule has 24 heavy (non-hydrogen) atoms. The molecular formula is C16H13Cl3N2O3. The number of hydrogen-bond acceptors (Lipinski definition) is 4. The number of benzene rings is 2. The minimum Gasteiger partial charge on any atom is -0.452 e. The third-order valence-electron chi connectivity index (χ3n) is 3.19. The number of amides is 1. The van der Waals surface area contributed by atoms with Gasteiger partial charge in [0.25, 0.3) is 5.91 Å². The van der Waals surface area contributed by atoms with Crippen LogP contribution in [-0.4, -0.2) is 18.5 Å². The van der Waals surface area contributed by atoms with Gasteiger partial charge in [0.05, 0.1) is 16.3 Å². The van der Waals surface area contributed by atoms with E-state index in [0.29, 0.717) is 16.3 Å². The van der Waals surface area contributed by atoms with Gasteiger partial charge in [-0.2, -0.15) is 0 Å². The van der Waals surface area contributed by atoms with E-state index in [9.17, 15) is 9.59 Å². The van der Waals surface area contributed by atoms with Gasteiger partial charge in [-0.3, -0.25) is 4.79 Å². The Kier molecular flexibility index (Phi) is 5.94. The van der Waals surface area contributed by atoms with Crippen molar-refractivity contribution in [1.82, 2.24) is 0 Å². The molecule has 0 heterocycles. The number of nitrogens with two attached hydrogens (primary N) is 1. The number of nitrogen functional groups attached to an aromatic ring is 1. The summed E-state index contributed by atoms with van der Waals surface area (Å²) in [7, 11) is 0. The van der Waals surface area contributed by atoms with Crippen molar-refractivity contribution in [2.45, 2.75) is 6.92 Å². The number of nitrogens with one attached hydrogen (secondary N) is 1. The average Bonchev–Trinajstić information content (AvgIpc) is 2.53. The molecule has 0 radical (unpaired) electrons. The van der Waals surface area contributed by atoms with E-state index in [1.165, 1.54) is 12.1 Å². The quantitative estimate of drug-likeness (QED) is 0.604. The SMILES string of the molecule is Cc1c(Cl)cccc1NC(=O)COC(=O)c1cc(Cl)cc(Cl)c1N. The molecule has 2 aromatic rings.